The van der Waals surface area contributed by atoms with Crippen LogP contribution in [0, 0.1) is 0 Å². The molecule has 10 nitrogen and oxygen atoms in total. The van der Waals surface area contributed by atoms with Crippen molar-refractivity contribution in [1.29, 1.82) is 0 Å². The smallest absolute Gasteiger partial charge is 0.328 e. The Labute approximate surface area is 191 Å². The van der Waals surface area contributed by atoms with E-state index in [1.165, 1.54) is 32.1 Å². The first-order valence-electron chi connectivity index (χ1n) is 11.6. The van der Waals surface area contributed by atoms with E-state index in [1.807, 2.05) is 0 Å². The number of hydrogen-bond acceptors (Lipinski definition) is 8. The van der Waals surface area contributed by atoms with Crippen molar-refractivity contribution in [1.82, 2.24) is 10.2 Å². The second kappa shape index (κ2) is 24.1. The predicted molar refractivity (Wildman–Crippen MR) is 122 cm³/mol. The molecule has 0 rings (SSSR count). The van der Waals surface area contributed by atoms with Crippen LogP contribution in [0.25, 0.3) is 0 Å². The Hall–Kier alpha value is -1.59. The summed E-state index contributed by atoms with van der Waals surface area (Å²) in [5.74, 6) is -2.94. The van der Waals surface area contributed by atoms with Crippen LogP contribution < -0.4 is 5.32 Å². The van der Waals surface area contributed by atoms with E-state index in [9.17, 15) is 14.4 Å². The van der Waals surface area contributed by atoms with Crippen LogP contribution in [-0.4, -0.2) is 100 Å². The lowest BCUT2D eigenvalue weighted by Gasteiger charge is -2.17. The van der Waals surface area contributed by atoms with Crippen molar-refractivity contribution in [2.45, 2.75) is 77.2 Å². The Kier molecular flexibility index (Phi) is 24.5. The van der Waals surface area contributed by atoms with Gasteiger partial charge < -0.3 is 25.5 Å². The molecule has 0 saturated heterocycles. The first-order valence-corrected chi connectivity index (χ1v) is 11.6. The zero-order chi connectivity index (χ0) is 24.6. The number of aliphatic carboxylic acids is 2. The normalized spacial score (nSPS) is 11.7. The van der Waals surface area contributed by atoms with E-state index in [4.69, 9.17) is 25.5 Å². The average Bonchev–Trinajstić information content (AvgIpc) is 2.73. The van der Waals surface area contributed by atoms with Crippen molar-refractivity contribution in [2.75, 3.05) is 46.0 Å². The highest BCUT2D eigenvalue weighted by molar-refractivity contribution is 6.02. The Morgan fingerprint density at radius 3 is 1.56 bits per heavy atom. The molecule has 0 radical (unpaired) electrons. The van der Waals surface area contributed by atoms with Crippen LogP contribution in [0.5, 0.6) is 0 Å². The molecule has 0 aromatic heterocycles. The van der Waals surface area contributed by atoms with E-state index in [0.717, 1.165) is 19.3 Å². The summed E-state index contributed by atoms with van der Waals surface area (Å²) in [4.78, 5) is 34.9. The molecule has 0 aromatic carbocycles. The van der Waals surface area contributed by atoms with Crippen molar-refractivity contribution in [2.24, 2.45) is 0 Å². The third-order valence-electron chi connectivity index (χ3n) is 4.80. The van der Waals surface area contributed by atoms with Gasteiger partial charge in [0.25, 0.3) is 0 Å². The number of aliphatic hydroxyl groups is 3. The molecular formula is C22H44N2O8. The second-order valence-corrected chi connectivity index (χ2v) is 7.60. The van der Waals surface area contributed by atoms with E-state index >= 15 is 0 Å². The zero-order valence-corrected chi connectivity index (χ0v) is 19.5. The van der Waals surface area contributed by atoms with Crippen LogP contribution in [0.3, 0.4) is 0 Å². The molecular weight excluding hydrogens is 420 g/mol. The maximum atomic E-state index is 11.8. The monoisotopic (exact) mass is 464 g/mol. The molecule has 0 aliphatic heterocycles. The third-order valence-corrected chi connectivity index (χ3v) is 4.80. The minimum atomic E-state index is -1.41. The summed E-state index contributed by atoms with van der Waals surface area (Å²) in [5.41, 5.74) is 0. The Balaban J connectivity index is 0. The molecule has 1 unspecified atom stereocenters. The summed E-state index contributed by atoms with van der Waals surface area (Å²) in [6.45, 7) is 3.41. The van der Waals surface area contributed by atoms with Crippen LogP contribution in [0.15, 0.2) is 0 Å². The van der Waals surface area contributed by atoms with Gasteiger partial charge in [-0.15, -0.1) is 0 Å². The number of nitrogens with zero attached hydrogens (tertiary/aromatic N) is 1. The number of hydrogen-bond donors (Lipinski definition) is 6. The maximum absolute atomic E-state index is 11.8. The van der Waals surface area contributed by atoms with Gasteiger partial charge in [0.1, 0.15) is 0 Å². The Morgan fingerprint density at radius 1 is 0.750 bits per heavy atom. The number of rotatable bonds is 21. The number of carbonyl (C=O) groups is 3. The van der Waals surface area contributed by atoms with Gasteiger partial charge in [0.15, 0.2) is 11.8 Å². The molecule has 0 heterocycles. The van der Waals surface area contributed by atoms with Gasteiger partial charge in [0.2, 0.25) is 0 Å². The van der Waals surface area contributed by atoms with E-state index in [-0.39, 0.29) is 26.2 Å². The number of aliphatic hydroxyl groups excluding tert-OH is 3. The molecule has 1 atom stereocenters. The van der Waals surface area contributed by atoms with Crippen LogP contribution >= 0.6 is 0 Å². The SMILES string of the molecule is CCCCCCCCCCCC(=O)C(NCC(=O)O)C(=O)O.OCCN(CCO)CCO. The lowest BCUT2D eigenvalue weighted by molar-refractivity contribution is -0.144. The average molecular weight is 465 g/mol. The van der Waals surface area contributed by atoms with Crippen molar-refractivity contribution < 1.29 is 39.9 Å². The minimum absolute atomic E-state index is 0.0694. The molecule has 0 aromatic rings. The van der Waals surface area contributed by atoms with Crippen molar-refractivity contribution in [3.05, 3.63) is 0 Å². The van der Waals surface area contributed by atoms with Crippen LogP contribution in [-0.2, 0) is 14.4 Å². The molecule has 32 heavy (non-hydrogen) atoms. The van der Waals surface area contributed by atoms with E-state index in [2.05, 4.69) is 12.2 Å². The van der Waals surface area contributed by atoms with Gasteiger partial charge >= 0.3 is 11.9 Å². The molecule has 0 spiro atoms. The van der Waals surface area contributed by atoms with Gasteiger partial charge in [-0.05, 0) is 6.42 Å². The number of unbranched alkanes of at least 4 members (excludes halogenated alkanes) is 8. The molecule has 190 valence electrons. The minimum Gasteiger partial charge on any atom is -0.480 e. The lowest BCUT2D eigenvalue weighted by Crippen LogP contribution is -2.45. The summed E-state index contributed by atoms with van der Waals surface area (Å²) in [6, 6.07) is -1.41. The first-order chi connectivity index (χ1) is 15.3. The molecule has 0 aliphatic rings. The number of carboxylic acid groups (broad SMARTS) is 2. The number of nitrogens with one attached hydrogen (secondary N) is 1. The van der Waals surface area contributed by atoms with Gasteiger partial charge in [0, 0.05) is 26.1 Å². The molecule has 0 saturated carbocycles. The summed E-state index contributed by atoms with van der Waals surface area (Å²) in [5, 5.41) is 45.1. The number of ketones is 1. The summed E-state index contributed by atoms with van der Waals surface area (Å²) >= 11 is 0. The highest BCUT2D eigenvalue weighted by Gasteiger charge is 2.25. The lowest BCUT2D eigenvalue weighted by atomic mass is 10.0. The fourth-order valence-electron chi connectivity index (χ4n) is 3.04. The third kappa shape index (κ3) is 21.6. The summed E-state index contributed by atoms with van der Waals surface area (Å²) < 4.78 is 0. The fourth-order valence-corrected chi connectivity index (χ4v) is 3.04. The van der Waals surface area contributed by atoms with Gasteiger partial charge in [-0.1, -0.05) is 58.3 Å². The van der Waals surface area contributed by atoms with Crippen molar-refractivity contribution >= 4 is 17.7 Å². The standard InChI is InChI=1S/C16H29NO5.C6H15NO3/c1-2-3-4-5-6-7-8-9-10-11-13(18)15(16(21)22)17-12-14(19)20;8-4-1-7(2-5-9)3-6-10/h15,17H,2-12H2,1H3,(H,19,20)(H,21,22);8-10H,1-6H2. The first kappa shape index (κ1) is 32.6. The van der Waals surface area contributed by atoms with E-state index < -0.39 is 30.3 Å². The van der Waals surface area contributed by atoms with E-state index in [0.29, 0.717) is 26.1 Å². The van der Waals surface area contributed by atoms with Gasteiger partial charge in [-0.2, -0.15) is 0 Å². The summed E-state index contributed by atoms with van der Waals surface area (Å²) in [6.07, 6.45) is 10.2. The highest BCUT2D eigenvalue weighted by Crippen LogP contribution is 2.11. The van der Waals surface area contributed by atoms with Gasteiger partial charge in [-0.3, -0.25) is 24.6 Å². The van der Waals surface area contributed by atoms with E-state index in [1.54, 1.807) is 4.90 Å². The largest absolute Gasteiger partial charge is 0.480 e. The maximum Gasteiger partial charge on any atom is 0.328 e. The number of carbonyl (C=O) groups excluding carboxylic acids is 1. The van der Waals surface area contributed by atoms with Gasteiger partial charge in [-0.25, -0.2) is 0 Å². The predicted octanol–water partition coefficient (Wildman–Crippen LogP) is 0.869. The molecule has 0 amide bonds. The summed E-state index contributed by atoms with van der Waals surface area (Å²) in [7, 11) is 0. The quantitative estimate of drug-likeness (QED) is 0.106. The molecule has 6 N–H and O–H groups in total. The fraction of sp³-hybridized carbons (Fsp3) is 0.864. The van der Waals surface area contributed by atoms with Crippen LogP contribution in [0.4, 0.5) is 0 Å². The zero-order valence-electron chi connectivity index (χ0n) is 19.5. The number of Topliss-reactive ketones (excluding diaryl/α,β-unsaturated/α-hetero) is 1. The number of carboxylic acids is 2. The molecule has 0 fully saturated rings. The van der Waals surface area contributed by atoms with Gasteiger partial charge in [0.05, 0.1) is 26.4 Å². The Morgan fingerprint density at radius 2 is 1.19 bits per heavy atom. The van der Waals surface area contributed by atoms with Crippen LogP contribution in [0.2, 0.25) is 0 Å². The van der Waals surface area contributed by atoms with Crippen LogP contribution in [0.1, 0.15) is 71.1 Å². The Bertz CT molecular complexity index is 463. The molecule has 0 bridgehead atoms. The van der Waals surface area contributed by atoms with Crippen molar-refractivity contribution in [3.8, 4) is 0 Å². The van der Waals surface area contributed by atoms with Crippen molar-refractivity contribution in [3.63, 3.8) is 0 Å². The topological polar surface area (TPSA) is 168 Å². The molecule has 0 aliphatic carbocycles. The second-order valence-electron chi connectivity index (χ2n) is 7.60. The highest BCUT2D eigenvalue weighted by atomic mass is 16.4. The molecule has 10 heteroatoms.